The second-order valence-corrected chi connectivity index (χ2v) is 11.3. The van der Waals surface area contributed by atoms with E-state index in [-0.39, 0.29) is 12.5 Å². The molecule has 0 bridgehead atoms. The molecule has 3 aromatic rings. The fourth-order valence-electron chi connectivity index (χ4n) is 2.88. The third kappa shape index (κ3) is 7.18. The lowest BCUT2D eigenvalue weighted by molar-refractivity contribution is 0.102. The average Bonchev–Trinajstić information content (AvgIpc) is 3.23. The molecule has 3 rings (SSSR count). The maximum Gasteiger partial charge on any atom is 0.257 e. The van der Waals surface area contributed by atoms with E-state index in [1.165, 1.54) is 21.9 Å². The lowest BCUT2D eigenvalue weighted by atomic mass is 10.1. The molecular weight excluding hydrogens is 480 g/mol. The zero-order valence-corrected chi connectivity index (χ0v) is 21.1. The number of thioether (sulfide) groups is 1. The Bertz CT molecular complexity index is 1160. The second-order valence-electron chi connectivity index (χ2n) is 7.07. The summed E-state index contributed by atoms with van der Waals surface area (Å²) in [4.78, 5) is 12.5. The Kier molecular flexibility index (Phi) is 8.70. The lowest BCUT2D eigenvalue weighted by Crippen LogP contribution is -2.29. The van der Waals surface area contributed by atoms with E-state index in [1.54, 1.807) is 60.3 Å². The number of ether oxygens (including phenoxy) is 1. The van der Waals surface area contributed by atoms with Crippen molar-refractivity contribution in [1.29, 1.82) is 0 Å². The number of hydrogen-bond acceptors (Lipinski definition) is 8. The highest BCUT2D eigenvalue weighted by atomic mass is 32.2. The first kappa shape index (κ1) is 25.0. The Morgan fingerprint density at radius 1 is 1.09 bits per heavy atom. The minimum Gasteiger partial charge on any atom is -0.494 e. The summed E-state index contributed by atoms with van der Waals surface area (Å²) in [5, 5.41) is 11.3. The number of amides is 1. The molecule has 8 nitrogen and oxygen atoms in total. The maximum atomic E-state index is 12.5. The third-order valence-electron chi connectivity index (χ3n) is 4.43. The van der Waals surface area contributed by atoms with Crippen LogP contribution >= 0.6 is 23.1 Å². The van der Waals surface area contributed by atoms with Crippen LogP contribution in [0.25, 0.3) is 0 Å². The molecule has 0 atom stereocenters. The Morgan fingerprint density at radius 2 is 1.79 bits per heavy atom. The van der Waals surface area contributed by atoms with Gasteiger partial charge in [-0.2, -0.15) is 0 Å². The third-order valence-corrected chi connectivity index (χ3v) is 7.75. The second kappa shape index (κ2) is 11.5. The van der Waals surface area contributed by atoms with Crippen molar-refractivity contribution in [3.8, 4) is 5.75 Å². The molecule has 1 aromatic heterocycles. The van der Waals surface area contributed by atoms with Crippen LogP contribution in [0.15, 0.2) is 52.9 Å². The Hall–Kier alpha value is -2.63. The van der Waals surface area contributed by atoms with Gasteiger partial charge in [-0.25, -0.2) is 8.42 Å². The molecule has 2 aromatic carbocycles. The van der Waals surface area contributed by atoms with Gasteiger partial charge in [-0.3, -0.25) is 14.4 Å². The van der Waals surface area contributed by atoms with Gasteiger partial charge in [0.1, 0.15) is 5.75 Å². The van der Waals surface area contributed by atoms with Crippen molar-refractivity contribution in [3.05, 3.63) is 59.7 Å². The fourth-order valence-corrected chi connectivity index (χ4v) is 5.44. The van der Waals surface area contributed by atoms with Crippen molar-refractivity contribution < 1.29 is 17.9 Å². The smallest absolute Gasteiger partial charge is 0.257 e. The summed E-state index contributed by atoms with van der Waals surface area (Å²) >= 11 is 2.95. The van der Waals surface area contributed by atoms with Gasteiger partial charge in [-0.05, 0) is 55.3 Å². The molecule has 0 aliphatic carbocycles. The van der Waals surface area contributed by atoms with Gasteiger partial charge in [0.2, 0.25) is 15.2 Å². The number of aromatic nitrogens is 2. The monoisotopic (exact) mass is 506 g/mol. The number of hydrogen-bond donors (Lipinski definition) is 1. The predicted octanol–water partition coefficient (Wildman–Crippen LogP) is 4.66. The molecule has 0 radical (unpaired) electrons. The fraction of sp³-hybridized carbons (Fsp3) is 0.318. The summed E-state index contributed by atoms with van der Waals surface area (Å²) in [7, 11) is -3.52. The number of rotatable bonds is 11. The Balaban J connectivity index is 1.68. The van der Waals surface area contributed by atoms with Crippen LogP contribution in [0.3, 0.4) is 0 Å². The highest BCUT2D eigenvalue weighted by Crippen LogP contribution is 2.27. The number of sulfonamides is 1. The SMILES string of the molecule is CCCSc1nnc(NC(=O)c2ccc(CN(c3ccc(OCC)cc3)S(C)(=O)=O)cc2)s1. The van der Waals surface area contributed by atoms with Crippen molar-refractivity contribution >= 4 is 49.8 Å². The molecule has 0 aliphatic heterocycles. The van der Waals surface area contributed by atoms with E-state index in [2.05, 4.69) is 22.4 Å². The first-order valence-corrected chi connectivity index (χ1v) is 14.0. The van der Waals surface area contributed by atoms with Gasteiger partial charge in [0.15, 0.2) is 4.34 Å². The highest BCUT2D eigenvalue weighted by Gasteiger charge is 2.18. The van der Waals surface area contributed by atoms with Crippen LogP contribution in [-0.4, -0.2) is 43.1 Å². The molecular formula is C22H26N4O4S3. The van der Waals surface area contributed by atoms with Gasteiger partial charge in [0, 0.05) is 11.3 Å². The van der Waals surface area contributed by atoms with Crippen molar-refractivity contribution in [2.45, 2.75) is 31.2 Å². The van der Waals surface area contributed by atoms with Crippen molar-refractivity contribution in [2.75, 3.05) is 28.2 Å². The van der Waals surface area contributed by atoms with Gasteiger partial charge in [0.25, 0.3) is 5.91 Å². The number of anilines is 2. The van der Waals surface area contributed by atoms with Gasteiger partial charge in [0.05, 0.1) is 25.1 Å². The summed E-state index contributed by atoms with van der Waals surface area (Å²) in [6.07, 6.45) is 2.20. The maximum absolute atomic E-state index is 12.5. The molecule has 33 heavy (non-hydrogen) atoms. The number of nitrogens with one attached hydrogen (secondary N) is 1. The molecule has 1 heterocycles. The van der Waals surface area contributed by atoms with E-state index in [9.17, 15) is 13.2 Å². The van der Waals surface area contributed by atoms with Gasteiger partial charge in [-0.1, -0.05) is 42.2 Å². The van der Waals surface area contributed by atoms with Gasteiger partial charge >= 0.3 is 0 Å². The number of carbonyl (C=O) groups excluding carboxylic acids is 1. The van der Waals surface area contributed by atoms with Crippen LogP contribution < -0.4 is 14.4 Å². The summed E-state index contributed by atoms with van der Waals surface area (Å²) in [5.41, 5.74) is 1.74. The zero-order chi connectivity index (χ0) is 23.8. The van der Waals surface area contributed by atoms with E-state index in [0.29, 0.717) is 28.7 Å². The molecule has 0 spiro atoms. The highest BCUT2D eigenvalue weighted by molar-refractivity contribution is 8.01. The quantitative estimate of drug-likeness (QED) is 0.298. The minimum atomic E-state index is -3.52. The van der Waals surface area contributed by atoms with E-state index in [0.717, 1.165) is 22.1 Å². The molecule has 176 valence electrons. The molecule has 11 heteroatoms. The Morgan fingerprint density at radius 3 is 2.39 bits per heavy atom. The molecule has 0 aliphatic rings. The summed E-state index contributed by atoms with van der Waals surface area (Å²) in [6, 6.07) is 13.7. The number of carbonyl (C=O) groups is 1. The van der Waals surface area contributed by atoms with Crippen molar-refractivity contribution in [3.63, 3.8) is 0 Å². The van der Waals surface area contributed by atoms with Crippen LogP contribution in [0.1, 0.15) is 36.2 Å². The van der Waals surface area contributed by atoms with Crippen LogP contribution in [0.2, 0.25) is 0 Å². The molecule has 1 amide bonds. The van der Waals surface area contributed by atoms with E-state index >= 15 is 0 Å². The summed E-state index contributed by atoms with van der Waals surface area (Å²) in [5.74, 6) is 1.33. The van der Waals surface area contributed by atoms with E-state index < -0.39 is 10.0 Å². The Labute approximate surface area is 202 Å². The first-order chi connectivity index (χ1) is 15.8. The van der Waals surface area contributed by atoms with E-state index in [4.69, 9.17) is 4.74 Å². The summed E-state index contributed by atoms with van der Waals surface area (Å²) < 4.78 is 32.4. The normalized spacial score (nSPS) is 11.2. The lowest BCUT2D eigenvalue weighted by Gasteiger charge is -2.23. The standard InChI is InChI=1S/C22H26N4O4S3/c1-4-14-31-22-25-24-21(32-22)23-20(27)17-8-6-16(7-9-17)15-26(33(3,28)29)18-10-12-19(13-11-18)30-5-2/h6-13H,4-5,14-15H2,1-3H3,(H,23,24,27). The molecule has 1 N–H and O–H groups in total. The van der Waals surface area contributed by atoms with Crippen molar-refractivity contribution in [1.82, 2.24) is 10.2 Å². The van der Waals surface area contributed by atoms with Crippen LogP contribution in [0, 0.1) is 0 Å². The van der Waals surface area contributed by atoms with Crippen LogP contribution in [-0.2, 0) is 16.6 Å². The number of nitrogens with zero attached hydrogens (tertiary/aromatic N) is 3. The predicted molar refractivity (Wildman–Crippen MR) is 134 cm³/mol. The molecule has 0 saturated heterocycles. The number of benzene rings is 2. The molecule has 0 unspecified atom stereocenters. The topological polar surface area (TPSA) is 101 Å². The van der Waals surface area contributed by atoms with Crippen LogP contribution in [0.5, 0.6) is 5.75 Å². The largest absolute Gasteiger partial charge is 0.494 e. The van der Waals surface area contributed by atoms with E-state index in [1.807, 2.05) is 6.92 Å². The van der Waals surface area contributed by atoms with Gasteiger partial charge < -0.3 is 4.74 Å². The zero-order valence-electron chi connectivity index (χ0n) is 18.6. The van der Waals surface area contributed by atoms with Crippen LogP contribution in [0.4, 0.5) is 10.8 Å². The summed E-state index contributed by atoms with van der Waals surface area (Å²) in [6.45, 7) is 4.66. The molecule has 0 saturated carbocycles. The van der Waals surface area contributed by atoms with Crippen molar-refractivity contribution in [2.24, 2.45) is 0 Å². The first-order valence-electron chi connectivity index (χ1n) is 10.4. The minimum absolute atomic E-state index is 0.142. The molecule has 0 fully saturated rings. The average molecular weight is 507 g/mol. The van der Waals surface area contributed by atoms with Gasteiger partial charge in [-0.15, -0.1) is 10.2 Å².